The maximum absolute atomic E-state index is 12.9. The number of nitrogens with one attached hydrogen (secondary N) is 1. The number of anilines is 1. The Labute approximate surface area is 183 Å². The number of nitrogens with zero attached hydrogens (tertiary/aromatic N) is 4. The highest BCUT2D eigenvalue weighted by Crippen LogP contribution is 2.32. The van der Waals surface area contributed by atoms with Crippen LogP contribution >= 0.6 is 0 Å². The van der Waals surface area contributed by atoms with Crippen molar-refractivity contribution in [1.82, 2.24) is 19.7 Å². The minimum atomic E-state index is -4.48. The molecule has 3 heterocycles. The number of carbonyl (C=O) groups is 1. The smallest absolute Gasteiger partial charge is 0.433 e. The number of pyridine rings is 1. The van der Waals surface area contributed by atoms with Crippen LogP contribution in [0.5, 0.6) is 5.75 Å². The van der Waals surface area contributed by atoms with E-state index in [2.05, 4.69) is 15.2 Å². The van der Waals surface area contributed by atoms with Gasteiger partial charge in [0.05, 0.1) is 43.1 Å². The summed E-state index contributed by atoms with van der Waals surface area (Å²) < 4.78 is 46.2. The molecular formula is C22H24F3N5O2. The van der Waals surface area contributed by atoms with Crippen LogP contribution in [0.1, 0.15) is 30.3 Å². The fourth-order valence-electron chi connectivity index (χ4n) is 3.96. The molecule has 1 fully saturated rings. The van der Waals surface area contributed by atoms with E-state index in [9.17, 15) is 18.0 Å². The van der Waals surface area contributed by atoms with Crippen LogP contribution in [-0.2, 0) is 17.5 Å². The molecule has 0 atom stereocenters. The zero-order valence-electron chi connectivity index (χ0n) is 17.6. The average Bonchev–Trinajstić information content (AvgIpc) is 3.20. The van der Waals surface area contributed by atoms with Crippen LogP contribution < -0.4 is 10.1 Å². The highest BCUT2D eigenvalue weighted by molar-refractivity contribution is 5.85. The van der Waals surface area contributed by atoms with Crippen molar-refractivity contribution < 1.29 is 22.7 Å². The molecule has 0 spiro atoms. The van der Waals surface area contributed by atoms with E-state index in [1.165, 1.54) is 13.2 Å². The number of ether oxygens (including phenoxy) is 1. The van der Waals surface area contributed by atoms with Gasteiger partial charge in [-0.3, -0.25) is 9.58 Å². The molecule has 1 aliphatic heterocycles. The minimum Gasteiger partial charge on any atom is -0.495 e. The first-order valence-electron chi connectivity index (χ1n) is 10.4. The standard InChI is InChI=1S/C22H24F3N5O2/c1-32-20-12-18-15(14-30(28-18)17-5-7-29(8-6-17)9-10-31)11-19(20)26-13-16-3-2-4-21(27-16)22(23,24)25/h2-4,10-12,14,17,26H,5-9,13H2,1H3. The predicted molar refractivity (Wildman–Crippen MR) is 114 cm³/mol. The monoisotopic (exact) mass is 447 g/mol. The molecule has 1 aromatic carbocycles. The topological polar surface area (TPSA) is 72.3 Å². The van der Waals surface area contributed by atoms with Gasteiger partial charge in [-0.2, -0.15) is 18.3 Å². The SMILES string of the molecule is COc1cc2nn(C3CCN(CC=O)CC3)cc2cc1NCc1cccc(C(F)(F)F)n1. The Morgan fingerprint density at radius 2 is 2.03 bits per heavy atom. The van der Waals surface area contributed by atoms with E-state index in [0.29, 0.717) is 18.0 Å². The highest BCUT2D eigenvalue weighted by atomic mass is 19.4. The zero-order chi connectivity index (χ0) is 22.7. The molecule has 4 rings (SSSR count). The van der Waals surface area contributed by atoms with Crippen LogP contribution in [0.2, 0.25) is 0 Å². The fourth-order valence-corrected chi connectivity index (χ4v) is 3.96. The van der Waals surface area contributed by atoms with Crippen LogP contribution in [-0.4, -0.2) is 52.7 Å². The number of methoxy groups -OCH3 is 1. The molecular weight excluding hydrogens is 423 g/mol. The predicted octanol–water partition coefficient (Wildman–Crippen LogP) is 3.91. The van der Waals surface area contributed by atoms with Crippen LogP contribution in [0, 0.1) is 0 Å². The molecule has 0 amide bonds. The molecule has 1 N–H and O–H groups in total. The van der Waals surface area contributed by atoms with Gasteiger partial charge in [0.1, 0.15) is 17.7 Å². The normalized spacial score (nSPS) is 15.8. The third kappa shape index (κ3) is 4.85. The van der Waals surface area contributed by atoms with Gasteiger partial charge in [0.15, 0.2) is 0 Å². The van der Waals surface area contributed by atoms with Gasteiger partial charge in [-0.15, -0.1) is 0 Å². The second-order valence-electron chi connectivity index (χ2n) is 7.78. The number of alkyl halides is 3. The molecule has 1 saturated heterocycles. The molecule has 1 aliphatic rings. The Balaban J connectivity index is 1.51. The van der Waals surface area contributed by atoms with E-state index < -0.39 is 11.9 Å². The maximum atomic E-state index is 12.9. The number of carbonyl (C=O) groups excluding carboxylic acids is 1. The number of fused-ring (bicyclic) bond motifs is 1. The number of likely N-dealkylation sites (tertiary alicyclic amines) is 1. The van der Waals surface area contributed by atoms with Gasteiger partial charge in [-0.05, 0) is 31.0 Å². The number of hydrogen-bond acceptors (Lipinski definition) is 6. The molecule has 3 aromatic rings. The van der Waals surface area contributed by atoms with Crippen LogP contribution in [0.15, 0.2) is 36.5 Å². The summed E-state index contributed by atoms with van der Waals surface area (Å²) in [5.41, 5.74) is 0.791. The number of rotatable bonds is 7. The van der Waals surface area contributed by atoms with Crippen molar-refractivity contribution >= 4 is 22.9 Å². The minimum absolute atomic E-state index is 0.120. The van der Waals surface area contributed by atoms with Crippen LogP contribution in [0.3, 0.4) is 0 Å². The molecule has 10 heteroatoms. The molecule has 0 unspecified atom stereocenters. The molecule has 32 heavy (non-hydrogen) atoms. The van der Waals surface area contributed by atoms with Crippen molar-refractivity contribution in [2.45, 2.75) is 31.6 Å². The lowest BCUT2D eigenvalue weighted by molar-refractivity contribution is -0.141. The Bertz CT molecular complexity index is 1090. The molecule has 0 radical (unpaired) electrons. The Kier molecular flexibility index (Phi) is 6.31. The third-order valence-corrected chi connectivity index (χ3v) is 5.66. The largest absolute Gasteiger partial charge is 0.495 e. The van der Waals surface area contributed by atoms with Gasteiger partial charge in [0.2, 0.25) is 0 Å². The summed E-state index contributed by atoms with van der Waals surface area (Å²) in [6.07, 6.45) is 0.238. The maximum Gasteiger partial charge on any atom is 0.433 e. The first-order valence-corrected chi connectivity index (χ1v) is 10.4. The second kappa shape index (κ2) is 9.15. The lowest BCUT2D eigenvalue weighted by Crippen LogP contribution is -2.35. The van der Waals surface area contributed by atoms with E-state index in [-0.39, 0.29) is 18.3 Å². The average molecular weight is 447 g/mol. The summed E-state index contributed by atoms with van der Waals surface area (Å²) in [5.74, 6) is 0.551. The molecule has 7 nitrogen and oxygen atoms in total. The van der Waals surface area contributed by atoms with Crippen LogP contribution in [0.4, 0.5) is 18.9 Å². The quantitative estimate of drug-likeness (QED) is 0.554. The van der Waals surface area contributed by atoms with Crippen molar-refractivity contribution in [3.63, 3.8) is 0 Å². The summed E-state index contributed by atoms with van der Waals surface area (Å²) in [6, 6.07) is 7.79. The molecule has 0 bridgehead atoms. The Morgan fingerprint density at radius 3 is 2.72 bits per heavy atom. The molecule has 2 aromatic heterocycles. The number of benzene rings is 1. The van der Waals surface area contributed by atoms with Crippen molar-refractivity contribution in [3.8, 4) is 5.75 Å². The number of aldehydes is 1. The number of piperidine rings is 1. The fraction of sp³-hybridized carbons (Fsp3) is 0.409. The summed E-state index contributed by atoms with van der Waals surface area (Å²) in [7, 11) is 1.54. The van der Waals surface area contributed by atoms with Crippen molar-refractivity contribution in [1.29, 1.82) is 0 Å². The van der Waals surface area contributed by atoms with E-state index >= 15 is 0 Å². The van der Waals surface area contributed by atoms with E-state index in [0.717, 1.165) is 49.2 Å². The molecule has 0 saturated carbocycles. The van der Waals surface area contributed by atoms with E-state index in [1.807, 2.05) is 23.0 Å². The van der Waals surface area contributed by atoms with Gasteiger partial charge in [0.25, 0.3) is 0 Å². The molecule has 170 valence electrons. The summed E-state index contributed by atoms with van der Waals surface area (Å²) >= 11 is 0. The second-order valence-corrected chi connectivity index (χ2v) is 7.78. The van der Waals surface area contributed by atoms with E-state index in [4.69, 9.17) is 9.84 Å². The lowest BCUT2D eigenvalue weighted by Gasteiger charge is -2.30. The Morgan fingerprint density at radius 1 is 1.25 bits per heavy atom. The molecule has 0 aliphatic carbocycles. The van der Waals surface area contributed by atoms with E-state index in [1.54, 1.807) is 6.07 Å². The Hall–Kier alpha value is -3.14. The van der Waals surface area contributed by atoms with Gasteiger partial charge < -0.3 is 14.8 Å². The van der Waals surface area contributed by atoms with Gasteiger partial charge >= 0.3 is 6.18 Å². The first-order chi connectivity index (χ1) is 15.4. The lowest BCUT2D eigenvalue weighted by atomic mass is 10.1. The third-order valence-electron chi connectivity index (χ3n) is 5.66. The highest BCUT2D eigenvalue weighted by Gasteiger charge is 2.32. The summed E-state index contributed by atoms with van der Waals surface area (Å²) in [6.45, 7) is 2.27. The first kappa shape index (κ1) is 22.1. The number of hydrogen-bond donors (Lipinski definition) is 1. The van der Waals surface area contributed by atoms with Crippen molar-refractivity contribution in [2.24, 2.45) is 0 Å². The summed E-state index contributed by atoms with van der Waals surface area (Å²) in [5, 5.41) is 8.73. The van der Waals surface area contributed by atoms with Gasteiger partial charge in [-0.1, -0.05) is 6.07 Å². The van der Waals surface area contributed by atoms with Crippen molar-refractivity contribution in [3.05, 3.63) is 47.9 Å². The number of halogens is 3. The summed E-state index contributed by atoms with van der Waals surface area (Å²) in [4.78, 5) is 16.5. The number of aromatic nitrogens is 3. The van der Waals surface area contributed by atoms with Gasteiger partial charge in [0, 0.05) is 30.7 Å². The zero-order valence-corrected chi connectivity index (χ0v) is 17.6. The van der Waals surface area contributed by atoms with Crippen LogP contribution in [0.25, 0.3) is 10.9 Å². The van der Waals surface area contributed by atoms with Gasteiger partial charge in [-0.25, -0.2) is 4.98 Å². The van der Waals surface area contributed by atoms with Crippen molar-refractivity contribution in [2.75, 3.05) is 32.1 Å².